The lowest BCUT2D eigenvalue weighted by Crippen LogP contribution is -2.32. The lowest BCUT2D eigenvalue weighted by atomic mass is 9.82. The molecule has 1 saturated carbocycles. The molecule has 2 rings (SSSR count). The summed E-state index contributed by atoms with van der Waals surface area (Å²) in [5.41, 5.74) is 6.06. The van der Waals surface area contributed by atoms with Crippen LogP contribution < -0.4 is 5.73 Å². The Balaban J connectivity index is 1.77. The monoisotopic (exact) mass is 210 g/mol. The normalized spacial score (nSPS) is 43.4. The molecule has 1 aliphatic carbocycles. The molecule has 15 heavy (non-hydrogen) atoms. The van der Waals surface area contributed by atoms with Crippen molar-refractivity contribution in [2.45, 2.75) is 45.6 Å². The summed E-state index contributed by atoms with van der Waals surface area (Å²) in [6.45, 7) is 8.36. The summed E-state index contributed by atoms with van der Waals surface area (Å²) >= 11 is 0. The van der Waals surface area contributed by atoms with Crippen LogP contribution in [0.2, 0.25) is 0 Å². The van der Waals surface area contributed by atoms with Gasteiger partial charge in [0.25, 0.3) is 0 Å². The van der Waals surface area contributed by atoms with Gasteiger partial charge in [-0.3, -0.25) is 0 Å². The number of rotatable bonds is 2. The van der Waals surface area contributed by atoms with Crippen LogP contribution in [-0.2, 0) is 0 Å². The zero-order valence-corrected chi connectivity index (χ0v) is 10.3. The van der Waals surface area contributed by atoms with Crippen molar-refractivity contribution in [1.82, 2.24) is 4.90 Å². The van der Waals surface area contributed by atoms with E-state index in [0.29, 0.717) is 12.0 Å². The smallest absolute Gasteiger partial charge is 0.0206 e. The van der Waals surface area contributed by atoms with E-state index in [9.17, 15) is 0 Å². The first-order valence-corrected chi connectivity index (χ1v) is 6.63. The van der Waals surface area contributed by atoms with E-state index in [1.165, 1.54) is 38.8 Å². The van der Waals surface area contributed by atoms with Crippen molar-refractivity contribution >= 4 is 0 Å². The van der Waals surface area contributed by atoms with Crippen molar-refractivity contribution in [1.29, 1.82) is 0 Å². The van der Waals surface area contributed by atoms with E-state index in [2.05, 4.69) is 18.7 Å². The van der Waals surface area contributed by atoms with Crippen LogP contribution >= 0.6 is 0 Å². The Morgan fingerprint density at radius 3 is 2.60 bits per heavy atom. The van der Waals surface area contributed by atoms with Crippen molar-refractivity contribution in [3.63, 3.8) is 0 Å². The van der Waals surface area contributed by atoms with Crippen molar-refractivity contribution in [2.75, 3.05) is 19.6 Å². The minimum Gasteiger partial charge on any atom is -0.326 e. The first kappa shape index (κ1) is 11.4. The molecule has 0 aromatic heterocycles. The van der Waals surface area contributed by atoms with Gasteiger partial charge in [-0.25, -0.2) is 0 Å². The summed E-state index contributed by atoms with van der Waals surface area (Å²) in [5.74, 6) is 2.61. The second-order valence-corrected chi connectivity index (χ2v) is 6.00. The van der Waals surface area contributed by atoms with Gasteiger partial charge in [-0.2, -0.15) is 0 Å². The van der Waals surface area contributed by atoms with Gasteiger partial charge in [-0.1, -0.05) is 26.7 Å². The van der Waals surface area contributed by atoms with Gasteiger partial charge in [0.15, 0.2) is 0 Å². The summed E-state index contributed by atoms with van der Waals surface area (Å²) in [7, 11) is 0. The molecule has 1 saturated heterocycles. The molecular formula is C13H26N2. The van der Waals surface area contributed by atoms with Crippen molar-refractivity contribution < 1.29 is 0 Å². The van der Waals surface area contributed by atoms with Crippen molar-refractivity contribution in [2.24, 2.45) is 23.5 Å². The number of nitrogens with zero attached hydrogens (tertiary/aromatic N) is 1. The second kappa shape index (κ2) is 4.84. The molecule has 2 nitrogen and oxygen atoms in total. The number of hydrogen-bond acceptors (Lipinski definition) is 2. The van der Waals surface area contributed by atoms with Crippen molar-refractivity contribution in [3.05, 3.63) is 0 Å². The molecule has 1 aliphatic heterocycles. The van der Waals surface area contributed by atoms with Crippen LogP contribution in [-0.4, -0.2) is 30.6 Å². The lowest BCUT2D eigenvalue weighted by molar-refractivity contribution is 0.200. The standard InChI is InChI=1S/C13H26N2/c1-10-4-3-5-12(6-10)8-15-7-11(2)13(14)9-15/h10-13H,3-9,14H2,1-2H3. The van der Waals surface area contributed by atoms with E-state index < -0.39 is 0 Å². The van der Waals surface area contributed by atoms with Gasteiger partial charge < -0.3 is 10.6 Å². The average molecular weight is 210 g/mol. The predicted molar refractivity (Wildman–Crippen MR) is 64.7 cm³/mol. The molecule has 4 unspecified atom stereocenters. The van der Waals surface area contributed by atoms with E-state index in [0.717, 1.165) is 18.4 Å². The lowest BCUT2D eigenvalue weighted by Gasteiger charge is -2.30. The maximum absolute atomic E-state index is 6.06. The number of likely N-dealkylation sites (tertiary alicyclic amines) is 1. The minimum absolute atomic E-state index is 0.422. The summed E-state index contributed by atoms with van der Waals surface area (Å²) in [5, 5.41) is 0. The third kappa shape index (κ3) is 2.94. The van der Waals surface area contributed by atoms with Crippen LogP contribution in [0.25, 0.3) is 0 Å². The maximum Gasteiger partial charge on any atom is 0.0206 e. The fourth-order valence-corrected chi connectivity index (χ4v) is 3.34. The maximum atomic E-state index is 6.06. The van der Waals surface area contributed by atoms with Gasteiger partial charge in [0.2, 0.25) is 0 Å². The van der Waals surface area contributed by atoms with E-state index in [-0.39, 0.29) is 0 Å². The Morgan fingerprint density at radius 2 is 2.00 bits per heavy atom. The van der Waals surface area contributed by atoms with Gasteiger partial charge in [0.05, 0.1) is 0 Å². The molecule has 2 fully saturated rings. The highest BCUT2D eigenvalue weighted by molar-refractivity contribution is 4.85. The highest BCUT2D eigenvalue weighted by Crippen LogP contribution is 2.30. The van der Waals surface area contributed by atoms with Gasteiger partial charge in [-0.15, -0.1) is 0 Å². The van der Waals surface area contributed by atoms with Crippen LogP contribution in [0, 0.1) is 17.8 Å². The third-order valence-electron chi connectivity index (χ3n) is 4.31. The Labute approximate surface area is 94.2 Å². The molecule has 0 aromatic carbocycles. The van der Waals surface area contributed by atoms with Gasteiger partial charge >= 0.3 is 0 Å². The van der Waals surface area contributed by atoms with Crippen LogP contribution in [0.1, 0.15) is 39.5 Å². The first-order valence-electron chi connectivity index (χ1n) is 6.63. The quantitative estimate of drug-likeness (QED) is 0.756. The predicted octanol–water partition coefficient (Wildman–Crippen LogP) is 2.09. The highest BCUT2D eigenvalue weighted by Gasteiger charge is 2.29. The molecule has 2 heteroatoms. The average Bonchev–Trinajstić information content (AvgIpc) is 2.45. The second-order valence-electron chi connectivity index (χ2n) is 6.00. The van der Waals surface area contributed by atoms with E-state index in [4.69, 9.17) is 5.73 Å². The molecule has 0 aromatic rings. The summed E-state index contributed by atoms with van der Waals surface area (Å²) in [4.78, 5) is 2.60. The zero-order chi connectivity index (χ0) is 10.8. The fourth-order valence-electron chi connectivity index (χ4n) is 3.34. The van der Waals surface area contributed by atoms with Crippen LogP contribution in [0.5, 0.6) is 0 Å². The Morgan fingerprint density at radius 1 is 1.20 bits per heavy atom. The Kier molecular flexibility index (Phi) is 3.68. The number of nitrogens with two attached hydrogens (primary N) is 1. The molecule has 0 bridgehead atoms. The summed E-state index contributed by atoms with van der Waals surface area (Å²) in [6, 6.07) is 0.422. The Bertz CT molecular complexity index is 192. The molecule has 2 N–H and O–H groups in total. The van der Waals surface area contributed by atoms with E-state index >= 15 is 0 Å². The third-order valence-corrected chi connectivity index (χ3v) is 4.31. The Hall–Kier alpha value is -0.0800. The molecule has 88 valence electrons. The number of hydrogen-bond donors (Lipinski definition) is 1. The minimum atomic E-state index is 0.422. The topological polar surface area (TPSA) is 29.3 Å². The molecule has 0 amide bonds. The van der Waals surface area contributed by atoms with Crippen LogP contribution in [0.4, 0.5) is 0 Å². The van der Waals surface area contributed by atoms with Gasteiger partial charge in [-0.05, 0) is 30.6 Å². The highest BCUT2D eigenvalue weighted by atomic mass is 15.2. The van der Waals surface area contributed by atoms with E-state index in [1.807, 2.05) is 0 Å². The SMILES string of the molecule is CC1CCCC(CN2CC(C)C(N)C2)C1. The first-order chi connectivity index (χ1) is 7.15. The molecule has 2 aliphatic rings. The molecular weight excluding hydrogens is 184 g/mol. The molecule has 0 radical (unpaired) electrons. The van der Waals surface area contributed by atoms with Gasteiger partial charge in [0.1, 0.15) is 0 Å². The zero-order valence-electron chi connectivity index (χ0n) is 10.3. The fraction of sp³-hybridized carbons (Fsp3) is 1.00. The van der Waals surface area contributed by atoms with Crippen molar-refractivity contribution in [3.8, 4) is 0 Å². The van der Waals surface area contributed by atoms with Crippen LogP contribution in [0.15, 0.2) is 0 Å². The molecule has 0 spiro atoms. The summed E-state index contributed by atoms with van der Waals surface area (Å²) in [6.07, 6.45) is 5.79. The molecule has 1 heterocycles. The summed E-state index contributed by atoms with van der Waals surface area (Å²) < 4.78 is 0. The van der Waals surface area contributed by atoms with Crippen LogP contribution in [0.3, 0.4) is 0 Å². The van der Waals surface area contributed by atoms with Gasteiger partial charge in [0, 0.05) is 25.7 Å². The largest absolute Gasteiger partial charge is 0.326 e. The molecule has 4 atom stereocenters. The van der Waals surface area contributed by atoms with E-state index in [1.54, 1.807) is 0 Å².